The van der Waals surface area contributed by atoms with Gasteiger partial charge in [0.2, 0.25) is 0 Å². The molecular weight excluding hydrogens is 226 g/mol. The van der Waals surface area contributed by atoms with Gasteiger partial charge in [-0.1, -0.05) is 18.2 Å². The van der Waals surface area contributed by atoms with Crippen LogP contribution in [0.5, 0.6) is 0 Å². The van der Waals surface area contributed by atoms with Crippen molar-refractivity contribution in [3.05, 3.63) is 35.4 Å². The van der Waals surface area contributed by atoms with Gasteiger partial charge in [0.25, 0.3) is 5.91 Å². The van der Waals surface area contributed by atoms with Crippen molar-refractivity contribution >= 4 is 5.91 Å². The zero-order valence-electron chi connectivity index (χ0n) is 10.9. The Kier molecular flexibility index (Phi) is 4.76. The van der Waals surface area contributed by atoms with Crippen LogP contribution in [0.4, 0.5) is 0 Å². The van der Waals surface area contributed by atoms with Crippen LogP contribution in [-0.4, -0.2) is 25.7 Å². The number of rotatable bonds is 7. The highest BCUT2D eigenvalue weighted by Gasteiger charge is 2.20. The normalized spacial score (nSPS) is 14.5. The summed E-state index contributed by atoms with van der Waals surface area (Å²) in [6.07, 6.45) is 3.53. The van der Waals surface area contributed by atoms with Gasteiger partial charge in [0, 0.05) is 25.3 Å². The van der Waals surface area contributed by atoms with Crippen LogP contribution in [0.15, 0.2) is 24.3 Å². The minimum absolute atomic E-state index is 0.00953. The molecule has 0 radical (unpaired) electrons. The molecule has 3 heteroatoms. The SMILES string of the molecule is Cc1ccccc1C(=O)NCCCOCC1CC1. The molecule has 0 saturated heterocycles. The van der Waals surface area contributed by atoms with Crippen molar-refractivity contribution in [1.82, 2.24) is 5.32 Å². The molecule has 1 fully saturated rings. The van der Waals surface area contributed by atoms with E-state index in [2.05, 4.69) is 5.32 Å². The number of nitrogens with one attached hydrogen (secondary N) is 1. The smallest absolute Gasteiger partial charge is 0.251 e. The maximum atomic E-state index is 11.9. The average Bonchev–Trinajstić information content (AvgIpc) is 3.18. The topological polar surface area (TPSA) is 38.3 Å². The number of carbonyl (C=O) groups excluding carboxylic acids is 1. The lowest BCUT2D eigenvalue weighted by molar-refractivity contribution is 0.0937. The molecule has 98 valence electrons. The van der Waals surface area contributed by atoms with E-state index in [-0.39, 0.29) is 5.91 Å². The van der Waals surface area contributed by atoms with Gasteiger partial charge in [0.05, 0.1) is 0 Å². The number of carbonyl (C=O) groups is 1. The Balaban J connectivity index is 1.60. The van der Waals surface area contributed by atoms with E-state index in [0.717, 1.165) is 36.7 Å². The molecule has 1 aliphatic rings. The zero-order chi connectivity index (χ0) is 12.8. The van der Waals surface area contributed by atoms with Crippen molar-refractivity contribution in [2.75, 3.05) is 19.8 Å². The van der Waals surface area contributed by atoms with Crippen LogP contribution in [-0.2, 0) is 4.74 Å². The van der Waals surface area contributed by atoms with Gasteiger partial charge in [-0.15, -0.1) is 0 Å². The Hall–Kier alpha value is -1.35. The third-order valence-corrected chi connectivity index (χ3v) is 3.19. The Morgan fingerprint density at radius 3 is 2.89 bits per heavy atom. The number of ether oxygens (including phenoxy) is 1. The quantitative estimate of drug-likeness (QED) is 0.752. The Bertz CT molecular complexity index is 399. The Labute approximate surface area is 109 Å². The summed E-state index contributed by atoms with van der Waals surface area (Å²) in [5.74, 6) is 0.821. The van der Waals surface area contributed by atoms with Crippen LogP contribution >= 0.6 is 0 Å². The lowest BCUT2D eigenvalue weighted by atomic mass is 10.1. The van der Waals surface area contributed by atoms with Crippen molar-refractivity contribution in [3.8, 4) is 0 Å². The molecule has 1 saturated carbocycles. The molecule has 0 heterocycles. The van der Waals surface area contributed by atoms with Gasteiger partial charge in [-0.05, 0) is 43.7 Å². The first-order valence-corrected chi connectivity index (χ1v) is 6.69. The maximum absolute atomic E-state index is 11.9. The summed E-state index contributed by atoms with van der Waals surface area (Å²) in [6.45, 7) is 4.27. The van der Waals surface area contributed by atoms with Gasteiger partial charge in [0.15, 0.2) is 0 Å². The van der Waals surface area contributed by atoms with E-state index in [0.29, 0.717) is 6.54 Å². The second kappa shape index (κ2) is 6.55. The van der Waals surface area contributed by atoms with E-state index in [9.17, 15) is 4.79 Å². The number of hydrogen-bond donors (Lipinski definition) is 1. The molecule has 1 aliphatic carbocycles. The van der Waals surface area contributed by atoms with E-state index < -0.39 is 0 Å². The molecule has 3 nitrogen and oxygen atoms in total. The third kappa shape index (κ3) is 4.15. The van der Waals surface area contributed by atoms with Gasteiger partial charge < -0.3 is 10.1 Å². The first kappa shape index (κ1) is 13.1. The van der Waals surface area contributed by atoms with Gasteiger partial charge in [-0.3, -0.25) is 4.79 Å². The minimum Gasteiger partial charge on any atom is -0.381 e. The van der Waals surface area contributed by atoms with E-state index in [1.807, 2.05) is 31.2 Å². The number of hydrogen-bond acceptors (Lipinski definition) is 2. The van der Waals surface area contributed by atoms with Crippen LogP contribution < -0.4 is 5.32 Å². The van der Waals surface area contributed by atoms with Crippen molar-refractivity contribution < 1.29 is 9.53 Å². The van der Waals surface area contributed by atoms with Crippen molar-refractivity contribution in [2.24, 2.45) is 5.92 Å². The fourth-order valence-electron chi connectivity index (χ4n) is 1.83. The molecule has 1 aromatic carbocycles. The summed E-state index contributed by atoms with van der Waals surface area (Å²) in [7, 11) is 0. The highest BCUT2D eigenvalue weighted by Crippen LogP contribution is 2.28. The van der Waals surface area contributed by atoms with Crippen molar-refractivity contribution in [2.45, 2.75) is 26.2 Å². The van der Waals surface area contributed by atoms with Gasteiger partial charge >= 0.3 is 0 Å². The lowest BCUT2D eigenvalue weighted by Crippen LogP contribution is -2.26. The monoisotopic (exact) mass is 247 g/mol. The molecule has 0 aliphatic heterocycles. The fourth-order valence-corrected chi connectivity index (χ4v) is 1.83. The van der Waals surface area contributed by atoms with Crippen LogP contribution in [0.3, 0.4) is 0 Å². The van der Waals surface area contributed by atoms with Crippen LogP contribution in [0.2, 0.25) is 0 Å². The predicted octanol–water partition coefficient (Wildman–Crippen LogP) is 2.54. The molecule has 0 atom stereocenters. The number of amides is 1. The van der Waals surface area contributed by atoms with Crippen LogP contribution in [0.25, 0.3) is 0 Å². The van der Waals surface area contributed by atoms with E-state index >= 15 is 0 Å². The Morgan fingerprint density at radius 1 is 1.39 bits per heavy atom. The summed E-state index contributed by atoms with van der Waals surface area (Å²) < 4.78 is 5.52. The molecule has 0 unspecified atom stereocenters. The highest BCUT2D eigenvalue weighted by molar-refractivity contribution is 5.95. The van der Waals surface area contributed by atoms with Gasteiger partial charge in [-0.25, -0.2) is 0 Å². The summed E-state index contributed by atoms with van der Waals surface area (Å²) >= 11 is 0. The summed E-state index contributed by atoms with van der Waals surface area (Å²) in [5.41, 5.74) is 1.77. The Morgan fingerprint density at radius 2 is 2.17 bits per heavy atom. The van der Waals surface area contributed by atoms with Crippen molar-refractivity contribution in [1.29, 1.82) is 0 Å². The molecule has 1 aromatic rings. The number of aryl methyl sites for hydroxylation is 1. The molecular formula is C15H21NO2. The minimum atomic E-state index is 0.00953. The molecule has 0 spiro atoms. The maximum Gasteiger partial charge on any atom is 0.251 e. The van der Waals surface area contributed by atoms with Crippen LogP contribution in [0.1, 0.15) is 35.2 Å². The molecule has 1 amide bonds. The predicted molar refractivity (Wildman–Crippen MR) is 71.7 cm³/mol. The van der Waals surface area contributed by atoms with Crippen LogP contribution in [0, 0.1) is 12.8 Å². The lowest BCUT2D eigenvalue weighted by Gasteiger charge is -2.07. The van der Waals surface area contributed by atoms with Crippen molar-refractivity contribution in [3.63, 3.8) is 0 Å². The van der Waals surface area contributed by atoms with Gasteiger partial charge in [0.1, 0.15) is 0 Å². The standard InChI is InChI=1S/C15H21NO2/c1-12-5-2-3-6-14(12)15(17)16-9-4-10-18-11-13-7-8-13/h2-3,5-6,13H,4,7-11H2,1H3,(H,16,17). The first-order chi connectivity index (χ1) is 8.77. The molecule has 1 N–H and O–H groups in total. The summed E-state index contributed by atoms with van der Waals surface area (Å²) in [4.78, 5) is 11.9. The average molecular weight is 247 g/mol. The summed E-state index contributed by atoms with van der Waals surface area (Å²) in [5, 5.41) is 2.92. The molecule has 0 bridgehead atoms. The van der Waals surface area contributed by atoms with E-state index in [1.54, 1.807) is 0 Å². The molecule has 18 heavy (non-hydrogen) atoms. The van der Waals surface area contributed by atoms with Gasteiger partial charge in [-0.2, -0.15) is 0 Å². The molecule has 0 aromatic heterocycles. The summed E-state index contributed by atoms with van der Waals surface area (Å²) in [6, 6.07) is 7.64. The third-order valence-electron chi connectivity index (χ3n) is 3.19. The largest absolute Gasteiger partial charge is 0.381 e. The second-order valence-corrected chi connectivity index (χ2v) is 4.94. The molecule has 2 rings (SSSR count). The highest BCUT2D eigenvalue weighted by atomic mass is 16.5. The second-order valence-electron chi connectivity index (χ2n) is 4.94. The number of benzene rings is 1. The zero-order valence-corrected chi connectivity index (χ0v) is 10.9. The van der Waals surface area contributed by atoms with E-state index in [1.165, 1.54) is 12.8 Å². The first-order valence-electron chi connectivity index (χ1n) is 6.69. The van der Waals surface area contributed by atoms with E-state index in [4.69, 9.17) is 4.74 Å². The fraction of sp³-hybridized carbons (Fsp3) is 0.533.